The van der Waals surface area contributed by atoms with Crippen molar-refractivity contribution in [3.05, 3.63) is 0 Å². The molecular weight excluding hydrogens is 255 g/mol. The number of nitrogens with two attached hydrogens (primary N) is 1. The van der Waals surface area contributed by atoms with Crippen molar-refractivity contribution in [1.82, 2.24) is 5.09 Å². The van der Waals surface area contributed by atoms with Gasteiger partial charge in [-0.15, -0.1) is 0 Å². The number of carbonyl (C=O) groups is 1. The summed E-state index contributed by atoms with van der Waals surface area (Å²) < 4.78 is 22.5. The highest BCUT2D eigenvalue weighted by Crippen LogP contribution is 2.47. The zero-order valence-electron chi connectivity index (χ0n) is 11.6. The topological polar surface area (TPSA) is 90.6 Å². The van der Waals surface area contributed by atoms with Gasteiger partial charge in [-0.25, -0.2) is 5.09 Å². The molecule has 0 heterocycles. The van der Waals surface area contributed by atoms with E-state index in [1.807, 2.05) is 13.8 Å². The average Bonchev–Trinajstić information content (AvgIpc) is 2.26. The van der Waals surface area contributed by atoms with Crippen LogP contribution in [-0.4, -0.2) is 31.5 Å². The molecule has 0 aliphatic rings. The highest BCUT2D eigenvalue weighted by molar-refractivity contribution is 7.57. The van der Waals surface area contributed by atoms with Crippen molar-refractivity contribution in [3.63, 3.8) is 0 Å². The van der Waals surface area contributed by atoms with E-state index in [4.69, 9.17) is 15.0 Å². The first-order valence-corrected chi connectivity index (χ1v) is 7.95. The van der Waals surface area contributed by atoms with Crippen LogP contribution in [0, 0.1) is 5.92 Å². The number of rotatable bonds is 9. The van der Waals surface area contributed by atoms with Crippen molar-refractivity contribution < 1.29 is 18.6 Å². The van der Waals surface area contributed by atoms with Gasteiger partial charge in [0.25, 0.3) is 7.52 Å². The van der Waals surface area contributed by atoms with Gasteiger partial charge in [-0.1, -0.05) is 13.8 Å². The minimum absolute atomic E-state index is 0.156. The van der Waals surface area contributed by atoms with E-state index >= 15 is 0 Å². The zero-order chi connectivity index (χ0) is 14.2. The third-order valence-electron chi connectivity index (χ3n) is 2.22. The minimum atomic E-state index is -3.21. The molecule has 0 radical (unpaired) electrons. The lowest BCUT2D eigenvalue weighted by molar-refractivity contribution is -0.141. The van der Waals surface area contributed by atoms with Gasteiger partial charge >= 0.3 is 5.97 Å². The Kier molecular flexibility index (Phi) is 8.44. The van der Waals surface area contributed by atoms with E-state index in [9.17, 15) is 9.36 Å². The van der Waals surface area contributed by atoms with Crippen LogP contribution in [0.3, 0.4) is 0 Å². The molecule has 0 saturated carbocycles. The molecule has 0 aliphatic heterocycles. The molecule has 0 aliphatic carbocycles. The molecule has 0 fully saturated rings. The first-order chi connectivity index (χ1) is 8.35. The van der Waals surface area contributed by atoms with Crippen molar-refractivity contribution in [1.29, 1.82) is 0 Å². The Hall–Kier alpha value is -0.420. The summed E-state index contributed by atoms with van der Waals surface area (Å²) in [6.07, 6.45) is 0.563. The first kappa shape index (κ1) is 17.6. The fourth-order valence-electron chi connectivity index (χ4n) is 1.46. The molecule has 0 spiro atoms. The van der Waals surface area contributed by atoms with Gasteiger partial charge < -0.3 is 15.0 Å². The fraction of sp³-hybridized carbons (Fsp3) is 0.909. The summed E-state index contributed by atoms with van der Waals surface area (Å²) in [5.41, 5.74) is 5.90. The minimum Gasteiger partial charge on any atom is -0.465 e. The Morgan fingerprint density at radius 3 is 2.39 bits per heavy atom. The Morgan fingerprint density at radius 2 is 1.94 bits per heavy atom. The smallest absolute Gasteiger partial charge is 0.320 e. The third kappa shape index (κ3) is 6.50. The number of hydrogen-bond acceptors (Lipinski definition) is 5. The predicted molar refractivity (Wildman–Crippen MR) is 71.3 cm³/mol. The van der Waals surface area contributed by atoms with Crippen LogP contribution in [0.1, 0.15) is 34.1 Å². The van der Waals surface area contributed by atoms with Crippen molar-refractivity contribution in [2.24, 2.45) is 11.7 Å². The van der Waals surface area contributed by atoms with E-state index in [1.165, 1.54) is 0 Å². The summed E-state index contributed by atoms with van der Waals surface area (Å²) in [5.74, 6) is -0.778. The summed E-state index contributed by atoms with van der Waals surface area (Å²) in [6.45, 7) is 7.83. The predicted octanol–water partition coefficient (Wildman–Crippen LogP) is 1.70. The molecule has 0 aromatic rings. The lowest BCUT2D eigenvalue weighted by atomic mass is 10.1. The SMILES string of the molecule is CCOC(=O)CNP(=O)(OCC)C(N)CC(C)C. The Balaban J connectivity index is 4.51. The van der Waals surface area contributed by atoms with E-state index < -0.39 is 19.3 Å². The average molecular weight is 280 g/mol. The normalized spacial score (nSPS) is 16.3. The largest absolute Gasteiger partial charge is 0.465 e. The summed E-state index contributed by atoms with van der Waals surface area (Å²) in [4.78, 5) is 11.2. The standard InChI is InChI=1S/C11H25N2O4P/c1-5-16-11(14)8-13-18(15,17-6-2)10(12)7-9(3)4/h9-10H,5-8,12H2,1-4H3,(H,13,15). The number of carbonyl (C=O) groups excluding carboxylic acids is 1. The maximum atomic E-state index is 12.5. The number of nitrogens with one attached hydrogen (secondary N) is 1. The van der Waals surface area contributed by atoms with Crippen molar-refractivity contribution in [2.75, 3.05) is 19.8 Å². The van der Waals surface area contributed by atoms with Gasteiger partial charge in [0.2, 0.25) is 0 Å². The van der Waals surface area contributed by atoms with Gasteiger partial charge in [0.05, 0.1) is 19.0 Å². The van der Waals surface area contributed by atoms with Gasteiger partial charge in [-0.05, 0) is 26.2 Å². The molecule has 6 nitrogen and oxygen atoms in total. The molecule has 0 rings (SSSR count). The van der Waals surface area contributed by atoms with Crippen LogP contribution in [0.4, 0.5) is 0 Å². The quantitative estimate of drug-likeness (QED) is 0.493. The van der Waals surface area contributed by atoms with E-state index in [0.717, 1.165) is 0 Å². The lowest BCUT2D eigenvalue weighted by Gasteiger charge is -2.25. The molecular formula is C11H25N2O4P. The fourth-order valence-corrected chi connectivity index (χ4v) is 3.41. The van der Waals surface area contributed by atoms with Crippen LogP contribution >= 0.6 is 7.52 Å². The van der Waals surface area contributed by atoms with E-state index in [-0.39, 0.29) is 19.8 Å². The van der Waals surface area contributed by atoms with Gasteiger partial charge in [0.15, 0.2) is 0 Å². The van der Waals surface area contributed by atoms with E-state index in [0.29, 0.717) is 12.3 Å². The lowest BCUT2D eigenvalue weighted by Crippen LogP contribution is -2.33. The summed E-state index contributed by atoms with van der Waals surface area (Å²) in [5, 5.41) is 2.62. The summed E-state index contributed by atoms with van der Waals surface area (Å²) in [7, 11) is -3.21. The van der Waals surface area contributed by atoms with Gasteiger partial charge in [0, 0.05) is 0 Å². The Bertz CT molecular complexity index is 297. The monoisotopic (exact) mass is 280 g/mol. The maximum Gasteiger partial charge on any atom is 0.320 e. The van der Waals surface area contributed by atoms with Crippen LogP contribution in [0.25, 0.3) is 0 Å². The zero-order valence-corrected chi connectivity index (χ0v) is 12.5. The van der Waals surface area contributed by atoms with Gasteiger partial charge in [-0.2, -0.15) is 0 Å². The highest BCUT2D eigenvalue weighted by atomic mass is 31.2. The molecule has 0 bridgehead atoms. The molecule has 7 heteroatoms. The first-order valence-electron chi connectivity index (χ1n) is 6.26. The molecule has 2 atom stereocenters. The molecule has 3 N–H and O–H groups in total. The highest BCUT2D eigenvalue weighted by Gasteiger charge is 2.32. The van der Waals surface area contributed by atoms with Crippen LogP contribution in [0.5, 0.6) is 0 Å². The number of ether oxygens (including phenoxy) is 1. The van der Waals surface area contributed by atoms with Crippen molar-refractivity contribution >= 4 is 13.5 Å². The molecule has 108 valence electrons. The van der Waals surface area contributed by atoms with Crippen molar-refractivity contribution in [3.8, 4) is 0 Å². The second-order valence-electron chi connectivity index (χ2n) is 4.35. The molecule has 0 aromatic heterocycles. The van der Waals surface area contributed by atoms with Gasteiger partial charge in [0.1, 0.15) is 6.54 Å². The summed E-state index contributed by atoms with van der Waals surface area (Å²) in [6, 6.07) is 0. The Morgan fingerprint density at radius 1 is 1.33 bits per heavy atom. The molecule has 0 saturated heterocycles. The number of esters is 1. The molecule has 2 unspecified atom stereocenters. The second kappa shape index (κ2) is 8.64. The molecule has 0 aromatic carbocycles. The van der Waals surface area contributed by atoms with Crippen LogP contribution < -0.4 is 10.8 Å². The van der Waals surface area contributed by atoms with Crippen LogP contribution in [-0.2, 0) is 18.6 Å². The maximum absolute atomic E-state index is 12.5. The number of hydrogen-bond donors (Lipinski definition) is 2. The van der Waals surface area contributed by atoms with Crippen LogP contribution in [0.15, 0.2) is 0 Å². The second-order valence-corrected chi connectivity index (χ2v) is 6.78. The van der Waals surface area contributed by atoms with Crippen LogP contribution in [0.2, 0.25) is 0 Å². The van der Waals surface area contributed by atoms with E-state index in [1.54, 1.807) is 13.8 Å². The van der Waals surface area contributed by atoms with Crippen molar-refractivity contribution in [2.45, 2.75) is 39.9 Å². The molecule has 0 amide bonds. The Labute approximate surface area is 109 Å². The van der Waals surface area contributed by atoms with E-state index in [2.05, 4.69) is 5.09 Å². The third-order valence-corrected chi connectivity index (χ3v) is 4.54. The van der Waals surface area contributed by atoms with Gasteiger partial charge in [-0.3, -0.25) is 9.36 Å². The summed E-state index contributed by atoms with van der Waals surface area (Å²) >= 11 is 0. The molecule has 18 heavy (non-hydrogen) atoms.